The zero-order valence-electron chi connectivity index (χ0n) is 14.4. The molecular weight excluding hydrogens is 296 g/mol. The molecule has 2 rings (SSSR count). The molecule has 0 saturated heterocycles. The summed E-state index contributed by atoms with van der Waals surface area (Å²) in [5, 5.41) is 0. The summed E-state index contributed by atoms with van der Waals surface area (Å²) in [7, 11) is 4.85. The topological polar surface area (TPSA) is 54.0 Å². The molecule has 23 heavy (non-hydrogen) atoms. The molecule has 0 radical (unpaired) electrons. The quantitative estimate of drug-likeness (QED) is 0.750. The molecule has 0 atom stereocenters. The van der Waals surface area contributed by atoms with E-state index in [0.717, 1.165) is 25.7 Å². The van der Waals surface area contributed by atoms with E-state index in [1.165, 1.54) is 5.56 Å². The smallest absolute Gasteiger partial charge is 0.308 e. The normalized spacial score (nSPS) is 20.7. The average Bonchev–Trinajstić information content (AvgIpc) is 2.60. The maximum absolute atomic E-state index is 11.8. The second kappa shape index (κ2) is 8.09. The van der Waals surface area contributed by atoms with Crippen LogP contribution in [0.25, 0.3) is 0 Å². The summed E-state index contributed by atoms with van der Waals surface area (Å²) >= 11 is 0. The first-order chi connectivity index (χ1) is 11.1. The highest BCUT2D eigenvalue weighted by Crippen LogP contribution is 2.44. The number of hydrogen-bond donors (Lipinski definition) is 0. The summed E-state index contributed by atoms with van der Waals surface area (Å²) in [6.07, 6.45) is 3.64. The van der Waals surface area contributed by atoms with Gasteiger partial charge in [-0.05, 0) is 56.2 Å². The zero-order valence-corrected chi connectivity index (χ0v) is 14.4. The highest BCUT2D eigenvalue weighted by atomic mass is 16.5. The molecule has 1 saturated carbocycles. The van der Waals surface area contributed by atoms with Gasteiger partial charge >= 0.3 is 5.97 Å². The van der Waals surface area contributed by atoms with E-state index in [1.54, 1.807) is 21.3 Å². The molecule has 0 N–H and O–H groups in total. The fourth-order valence-corrected chi connectivity index (χ4v) is 3.26. The zero-order chi connectivity index (χ0) is 16.8. The van der Waals surface area contributed by atoms with Crippen molar-refractivity contribution in [3.05, 3.63) is 17.7 Å². The van der Waals surface area contributed by atoms with Crippen molar-refractivity contribution in [2.75, 3.05) is 27.9 Å². The van der Waals surface area contributed by atoms with Crippen molar-refractivity contribution < 1.29 is 23.7 Å². The van der Waals surface area contributed by atoms with E-state index < -0.39 is 0 Å². The summed E-state index contributed by atoms with van der Waals surface area (Å²) in [5.74, 6) is 2.33. The first-order valence-corrected chi connectivity index (χ1v) is 8.11. The highest BCUT2D eigenvalue weighted by Gasteiger charge is 2.29. The number of ether oxygens (including phenoxy) is 4. The van der Waals surface area contributed by atoms with Crippen LogP contribution in [0, 0.1) is 5.92 Å². The van der Waals surface area contributed by atoms with Gasteiger partial charge in [0.25, 0.3) is 0 Å². The van der Waals surface area contributed by atoms with Gasteiger partial charge < -0.3 is 18.9 Å². The Kier molecular flexibility index (Phi) is 6.13. The lowest BCUT2D eigenvalue weighted by molar-refractivity contribution is -0.149. The van der Waals surface area contributed by atoms with Crippen LogP contribution in [0.15, 0.2) is 12.1 Å². The van der Waals surface area contributed by atoms with Gasteiger partial charge in [0.2, 0.25) is 5.75 Å². The van der Waals surface area contributed by atoms with Crippen LogP contribution in [0.3, 0.4) is 0 Å². The Morgan fingerprint density at radius 1 is 1.00 bits per heavy atom. The van der Waals surface area contributed by atoms with Gasteiger partial charge in [-0.25, -0.2) is 0 Å². The van der Waals surface area contributed by atoms with Gasteiger partial charge in [0.15, 0.2) is 11.5 Å². The van der Waals surface area contributed by atoms with E-state index in [-0.39, 0.29) is 11.9 Å². The largest absolute Gasteiger partial charge is 0.493 e. The Morgan fingerprint density at radius 3 is 2.00 bits per heavy atom. The summed E-state index contributed by atoms with van der Waals surface area (Å²) in [6.45, 7) is 2.30. The van der Waals surface area contributed by atoms with Crippen molar-refractivity contribution in [1.82, 2.24) is 0 Å². The maximum atomic E-state index is 11.8. The SMILES string of the molecule is CCOC(=O)C1CCC(c2cc(OC)c(OC)c(OC)c2)CC1. The number of rotatable bonds is 6. The van der Waals surface area contributed by atoms with Crippen molar-refractivity contribution in [3.8, 4) is 17.2 Å². The van der Waals surface area contributed by atoms with Gasteiger partial charge in [-0.2, -0.15) is 0 Å². The molecule has 0 aliphatic heterocycles. The molecule has 1 aromatic rings. The van der Waals surface area contributed by atoms with E-state index in [2.05, 4.69) is 0 Å². The van der Waals surface area contributed by atoms with Crippen LogP contribution in [0.2, 0.25) is 0 Å². The maximum Gasteiger partial charge on any atom is 0.308 e. The standard InChI is InChI=1S/C18H26O5/c1-5-23-18(19)13-8-6-12(7-9-13)14-10-15(20-2)17(22-4)16(11-14)21-3/h10-13H,5-9H2,1-4H3. The molecule has 0 spiro atoms. The first kappa shape index (κ1) is 17.4. The molecule has 0 unspecified atom stereocenters. The molecule has 0 amide bonds. The Balaban J connectivity index is 2.13. The number of esters is 1. The Labute approximate surface area is 137 Å². The van der Waals surface area contributed by atoms with Crippen LogP contribution < -0.4 is 14.2 Å². The van der Waals surface area contributed by atoms with Crippen molar-refractivity contribution in [2.24, 2.45) is 5.92 Å². The van der Waals surface area contributed by atoms with Crippen LogP contribution in [0.5, 0.6) is 17.2 Å². The third-order valence-electron chi connectivity index (χ3n) is 4.51. The van der Waals surface area contributed by atoms with Crippen molar-refractivity contribution in [1.29, 1.82) is 0 Å². The van der Waals surface area contributed by atoms with Gasteiger partial charge in [0.05, 0.1) is 33.9 Å². The fraction of sp³-hybridized carbons (Fsp3) is 0.611. The third kappa shape index (κ3) is 3.89. The fourth-order valence-electron chi connectivity index (χ4n) is 3.26. The minimum atomic E-state index is -0.0594. The minimum Gasteiger partial charge on any atom is -0.493 e. The number of methoxy groups -OCH3 is 3. The van der Waals surface area contributed by atoms with E-state index in [4.69, 9.17) is 18.9 Å². The Morgan fingerprint density at radius 2 is 1.57 bits per heavy atom. The van der Waals surface area contributed by atoms with E-state index in [1.807, 2.05) is 19.1 Å². The predicted molar refractivity (Wildman–Crippen MR) is 87.4 cm³/mol. The molecule has 1 aliphatic carbocycles. The Hall–Kier alpha value is -1.91. The van der Waals surface area contributed by atoms with Crippen LogP contribution in [-0.2, 0) is 9.53 Å². The van der Waals surface area contributed by atoms with E-state index in [9.17, 15) is 4.79 Å². The average molecular weight is 322 g/mol. The summed E-state index contributed by atoms with van der Waals surface area (Å²) < 4.78 is 21.3. The van der Waals surface area contributed by atoms with E-state index >= 15 is 0 Å². The van der Waals surface area contributed by atoms with Crippen LogP contribution in [0.1, 0.15) is 44.1 Å². The van der Waals surface area contributed by atoms with Crippen LogP contribution in [-0.4, -0.2) is 33.9 Å². The lowest BCUT2D eigenvalue weighted by atomic mass is 9.78. The molecule has 128 valence electrons. The molecule has 5 heteroatoms. The van der Waals surface area contributed by atoms with Gasteiger partial charge in [-0.15, -0.1) is 0 Å². The molecule has 0 bridgehead atoms. The molecular formula is C18H26O5. The lowest BCUT2D eigenvalue weighted by Gasteiger charge is -2.28. The molecule has 5 nitrogen and oxygen atoms in total. The number of carbonyl (C=O) groups is 1. The summed E-state index contributed by atoms with van der Waals surface area (Å²) in [6, 6.07) is 4.02. The number of hydrogen-bond acceptors (Lipinski definition) is 5. The monoisotopic (exact) mass is 322 g/mol. The van der Waals surface area contributed by atoms with E-state index in [0.29, 0.717) is 29.8 Å². The summed E-state index contributed by atoms with van der Waals surface area (Å²) in [4.78, 5) is 11.8. The van der Waals surface area contributed by atoms with Gasteiger partial charge in [0, 0.05) is 0 Å². The predicted octanol–water partition coefficient (Wildman–Crippen LogP) is 3.55. The Bertz CT molecular complexity index is 507. The molecule has 1 fully saturated rings. The second-order valence-electron chi connectivity index (χ2n) is 5.76. The number of carbonyl (C=O) groups excluding carboxylic acids is 1. The van der Waals surface area contributed by atoms with Crippen molar-refractivity contribution in [3.63, 3.8) is 0 Å². The van der Waals surface area contributed by atoms with Crippen molar-refractivity contribution in [2.45, 2.75) is 38.5 Å². The molecule has 1 aromatic carbocycles. The summed E-state index contributed by atoms with van der Waals surface area (Å²) in [5.41, 5.74) is 1.17. The molecule has 0 aromatic heterocycles. The molecule has 0 heterocycles. The van der Waals surface area contributed by atoms with Crippen molar-refractivity contribution >= 4 is 5.97 Å². The van der Waals surface area contributed by atoms with Gasteiger partial charge in [0.1, 0.15) is 0 Å². The second-order valence-corrected chi connectivity index (χ2v) is 5.76. The number of benzene rings is 1. The first-order valence-electron chi connectivity index (χ1n) is 8.11. The highest BCUT2D eigenvalue weighted by molar-refractivity contribution is 5.72. The minimum absolute atomic E-state index is 0.0354. The third-order valence-corrected chi connectivity index (χ3v) is 4.51. The van der Waals surface area contributed by atoms with Crippen LogP contribution >= 0.6 is 0 Å². The van der Waals surface area contributed by atoms with Crippen LogP contribution in [0.4, 0.5) is 0 Å². The molecule has 1 aliphatic rings. The van der Waals surface area contributed by atoms with Gasteiger partial charge in [-0.3, -0.25) is 4.79 Å². The lowest BCUT2D eigenvalue weighted by Crippen LogP contribution is -2.23. The van der Waals surface area contributed by atoms with Gasteiger partial charge in [-0.1, -0.05) is 0 Å².